The van der Waals surface area contributed by atoms with Gasteiger partial charge in [0.05, 0.1) is 6.54 Å². The number of fused-ring (bicyclic) bond motifs is 1. The highest BCUT2D eigenvalue weighted by molar-refractivity contribution is 6.03. The van der Waals surface area contributed by atoms with Crippen LogP contribution in [0.15, 0.2) is 54.9 Å². The summed E-state index contributed by atoms with van der Waals surface area (Å²) < 4.78 is 42.1. The second-order valence-corrected chi connectivity index (χ2v) is 6.44. The largest absolute Gasteiger partial charge is 0.433 e. The van der Waals surface area contributed by atoms with Crippen LogP contribution in [0.2, 0.25) is 0 Å². The molecule has 7 nitrogen and oxygen atoms in total. The maximum Gasteiger partial charge on any atom is 0.433 e. The van der Waals surface area contributed by atoms with Crippen LogP contribution in [0.25, 0.3) is 5.65 Å². The van der Waals surface area contributed by atoms with Crippen molar-refractivity contribution in [3.63, 3.8) is 0 Å². The highest BCUT2D eigenvalue weighted by atomic mass is 19.4. The molecule has 0 spiro atoms. The van der Waals surface area contributed by atoms with Crippen molar-refractivity contribution in [1.29, 1.82) is 0 Å². The summed E-state index contributed by atoms with van der Waals surface area (Å²) >= 11 is 0. The Balaban J connectivity index is 1.60. The quantitative estimate of drug-likeness (QED) is 0.568. The van der Waals surface area contributed by atoms with Crippen molar-refractivity contribution in [2.45, 2.75) is 19.6 Å². The molecular formula is C19H15F3N6O. The maximum atomic E-state index is 13.3. The average molecular weight is 400 g/mol. The molecule has 4 rings (SSSR count). The molecule has 0 unspecified atom stereocenters. The van der Waals surface area contributed by atoms with E-state index in [-0.39, 0.29) is 17.0 Å². The van der Waals surface area contributed by atoms with Gasteiger partial charge in [0.15, 0.2) is 11.3 Å². The number of carbonyl (C=O) groups excluding carboxylic acids is 1. The van der Waals surface area contributed by atoms with Crippen LogP contribution in [0, 0.1) is 6.92 Å². The van der Waals surface area contributed by atoms with Crippen LogP contribution in [0.4, 0.5) is 18.9 Å². The van der Waals surface area contributed by atoms with Crippen molar-refractivity contribution in [2.75, 3.05) is 5.32 Å². The number of anilines is 1. The summed E-state index contributed by atoms with van der Waals surface area (Å²) in [4.78, 5) is 16.6. The van der Waals surface area contributed by atoms with Crippen LogP contribution in [0.1, 0.15) is 27.4 Å². The molecule has 1 N–H and O–H groups in total. The van der Waals surface area contributed by atoms with Gasteiger partial charge in [-0.3, -0.25) is 9.48 Å². The van der Waals surface area contributed by atoms with Gasteiger partial charge in [0.1, 0.15) is 5.69 Å². The highest BCUT2D eigenvalue weighted by Crippen LogP contribution is 2.30. The van der Waals surface area contributed by atoms with Gasteiger partial charge in [-0.15, -0.1) is 0 Å². The first kappa shape index (κ1) is 18.7. The fourth-order valence-electron chi connectivity index (χ4n) is 2.94. The number of hydrogen-bond donors (Lipinski definition) is 1. The van der Waals surface area contributed by atoms with E-state index >= 15 is 0 Å². The van der Waals surface area contributed by atoms with E-state index in [1.807, 2.05) is 12.3 Å². The molecular weight excluding hydrogens is 385 g/mol. The number of halogens is 3. The molecule has 3 heterocycles. The zero-order chi connectivity index (χ0) is 20.6. The molecule has 0 aliphatic heterocycles. The Hall–Kier alpha value is -3.69. The predicted octanol–water partition coefficient (Wildman–Crippen LogP) is 3.55. The molecule has 1 amide bonds. The normalized spacial score (nSPS) is 11.7. The number of alkyl halides is 3. The molecule has 3 aromatic heterocycles. The summed E-state index contributed by atoms with van der Waals surface area (Å²) in [7, 11) is 0. The first-order valence-corrected chi connectivity index (χ1v) is 8.62. The average Bonchev–Trinajstić information content (AvgIpc) is 3.30. The van der Waals surface area contributed by atoms with E-state index in [9.17, 15) is 18.0 Å². The van der Waals surface area contributed by atoms with E-state index in [1.165, 1.54) is 13.0 Å². The van der Waals surface area contributed by atoms with Crippen molar-refractivity contribution >= 4 is 17.2 Å². The SMILES string of the molecule is Cc1cc(C(F)(F)F)n2nc(C(=O)Nc3cccc(Cn4cccn4)c3)cc2n1. The predicted molar refractivity (Wildman–Crippen MR) is 98.5 cm³/mol. The third-order valence-corrected chi connectivity index (χ3v) is 4.17. The van der Waals surface area contributed by atoms with Gasteiger partial charge in [-0.1, -0.05) is 12.1 Å². The number of carbonyl (C=O) groups is 1. The fraction of sp³-hybridized carbons (Fsp3) is 0.158. The number of aromatic nitrogens is 5. The van der Waals surface area contributed by atoms with Crippen LogP contribution < -0.4 is 5.32 Å². The van der Waals surface area contributed by atoms with Gasteiger partial charge in [-0.05, 0) is 36.8 Å². The summed E-state index contributed by atoms with van der Waals surface area (Å²) in [6.07, 6.45) is -1.14. The molecule has 148 valence electrons. The van der Waals surface area contributed by atoms with Crippen LogP contribution in [-0.2, 0) is 12.7 Å². The topological polar surface area (TPSA) is 77.1 Å². The molecule has 0 saturated heterocycles. The van der Waals surface area contributed by atoms with E-state index in [2.05, 4.69) is 20.5 Å². The zero-order valence-electron chi connectivity index (χ0n) is 15.2. The molecule has 0 aliphatic rings. The fourth-order valence-corrected chi connectivity index (χ4v) is 2.94. The van der Waals surface area contributed by atoms with Crippen LogP contribution in [-0.4, -0.2) is 30.3 Å². The molecule has 29 heavy (non-hydrogen) atoms. The van der Waals surface area contributed by atoms with Crippen LogP contribution in [0.5, 0.6) is 0 Å². The number of nitrogens with one attached hydrogen (secondary N) is 1. The Bertz CT molecular complexity index is 1180. The Labute approximate surface area is 162 Å². The Kier molecular flexibility index (Phi) is 4.53. The number of benzene rings is 1. The van der Waals surface area contributed by atoms with E-state index < -0.39 is 17.8 Å². The van der Waals surface area contributed by atoms with Crippen molar-refractivity contribution in [3.8, 4) is 0 Å². The first-order chi connectivity index (χ1) is 13.8. The number of aryl methyl sites for hydroxylation is 1. The van der Waals surface area contributed by atoms with Crippen molar-refractivity contribution in [3.05, 3.63) is 77.5 Å². The Morgan fingerprint density at radius 2 is 2.00 bits per heavy atom. The molecule has 0 bridgehead atoms. The third-order valence-electron chi connectivity index (χ3n) is 4.17. The molecule has 0 fully saturated rings. The van der Waals surface area contributed by atoms with E-state index in [1.54, 1.807) is 35.1 Å². The maximum absolute atomic E-state index is 13.3. The number of rotatable bonds is 4. The highest BCUT2D eigenvalue weighted by Gasteiger charge is 2.35. The summed E-state index contributed by atoms with van der Waals surface area (Å²) in [5, 5.41) is 10.6. The molecule has 4 aromatic rings. The summed E-state index contributed by atoms with van der Waals surface area (Å²) in [6, 6.07) is 11.0. The van der Waals surface area contributed by atoms with Gasteiger partial charge in [-0.2, -0.15) is 23.4 Å². The molecule has 0 aliphatic carbocycles. The summed E-state index contributed by atoms with van der Waals surface area (Å²) in [5.41, 5.74) is 0.388. The minimum absolute atomic E-state index is 0.0464. The second kappa shape index (κ2) is 7.04. The molecule has 1 aromatic carbocycles. The van der Waals surface area contributed by atoms with Gasteiger partial charge in [-0.25, -0.2) is 9.50 Å². The lowest BCUT2D eigenvalue weighted by atomic mass is 10.2. The van der Waals surface area contributed by atoms with E-state index in [0.29, 0.717) is 16.7 Å². The standard InChI is InChI=1S/C19H15F3N6O/c1-12-8-16(19(20,21)22)28-17(24-12)10-15(26-28)18(29)25-14-5-2-4-13(9-14)11-27-7-3-6-23-27/h2-10H,11H2,1H3,(H,25,29). The smallest absolute Gasteiger partial charge is 0.321 e. The van der Waals surface area contributed by atoms with Crippen molar-refractivity contribution in [2.24, 2.45) is 0 Å². The Morgan fingerprint density at radius 3 is 2.72 bits per heavy atom. The number of nitrogens with zero attached hydrogens (tertiary/aromatic N) is 5. The Morgan fingerprint density at radius 1 is 1.17 bits per heavy atom. The van der Waals surface area contributed by atoms with Gasteiger partial charge in [0.25, 0.3) is 5.91 Å². The summed E-state index contributed by atoms with van der Waals surface area (Å²) in [5.74, 6) is -0.627. The second-order valence-electron chi connectivity index (χ2n) is 6.44. The minimum atomic E-state index is -4.62. The number of amides is 1. The van der Waals surface area contributed by atoms with Gasteiger partial charge in [0, 0.05) is 29.8 Å². The lowest BCUT2D eigenvalue weighted by molar-refractivity contribution is -0.142. The number of hydrogen-bond acceptors (Lipinski definition) is 4. The lowest BCUT2D eigenvalue weighted by Gasteiger charge is -2.09. The van der Waals surface area contributed by atoms with Gasteiger partial charge in [0.2, 0.25) is 0 Å². The molecule has 10 heteroatoms. The minimum Gasteiger partial charge on any atom is -0.321 e. The van der Waals surface area contributed by atoms with Crippen LogP contribution in [0.3, 0.4) is 0 Å². The van der Waals surface area contributed by atoms with Crippen molar-refractivity contribution in [1.82, 2.24) is 24.4 Å². The van der Waals surface area contributed by atoms with Gasteiger partial charge >= 0.3 is 6.18 Å². The summed E-state index contributed by atoms with van der Waals surface area (Å²) in [6.45, 7) is 1.97. The van der Waals surface area contributed by atoms with Crippen molar-refractivity contribution < 1.29 is 18.0 Å². The van der Waals surface area contributed by atoms with Gasteiger partial charge < -0.3 is 5.32 Å². The molecule has 0 atom stereocenters. The zero-order valence-corrected chi connectivity index (χ0v) is 15.2. The first-order valence-electron chi connectivity index (χ1n) is 8.62. The third kappa shape index (κ3) is 3.96. The van der Waals surface area contributed by atoms with Crippen LogP contribution >= 0.6 is 0 Å². The van der Waals surface area contributed by atoms with E-state index in [4.69, 9.17) is 0 Å². The molecule has 0 radical (unpaired) electrons. The molecule has 0 saturated carbocycles. The lowest BCUT2D eigenvalue weighted by Crippen LogP contribution is -2.16. The van der Waals surface area contributed by atoms with E-state index in [0.717, 1.165) is 11.6 Å². The monoisotopic (exact) mass is 400 g/mol.